The summed E-state index contributed by atoms with van der Waals surface area (Å²) in [4.78, 5) is 12.4. The van der Waals surface area contributed by atoms with E-state index in [1.807, 2.05) is 6.92 Å². The molecular formula is C39H54O3. The molecule has 0 heterocycles. The predicted molar refractivity (Wildman–Crippen MR) is 178 cm³/mol. The smallest absolute Gasteiger partial charge is 0.306 e. The highest BCUT2D eigenvalue weighted by Crippen LogP contribution is 2.34. The highest BCUT2D eigenvalue weighted by molar-refractivity contribution is 5.83. The fourth-order valence-electron chi connectivity index (χ4n) is 5.45. The molecule has 0 fully saturated rings. The van der Waals surface area contributed by atoms with Crippen molar-refractivity contribution in [2.75, 3.05) is 6.61 Å². The van der Waals surface area contributed by atoms with Gasteiger partial charge in [-0.1, -0.05) is 152 Å². The van der Waals surface area contributed by atoms with Crippen LogP contribution in [0.2, 0.25) is 0 Å². The monoisotopic (exact) mass is 570 g/mol. The summed E-state index contributed by atoms with van der Waals surface area (Å²) in [6.45, 7) is 7.24. The van der Waals surface area contributed by atoms with Crippen LogP contribution in [-0.2, 0) is 9.53 Å². The van der Waals surface area contributed by atoms with E-state index in [0.29, 0.717) is 6.42 Å². The fourth-order valence-corrected chi connectivity index (χ4v) is 5.45. The molecule has 0 aliphatic heterocycles. The van der Waals surface area contributed by atoms with Gasteiger partial charge in [-0.2, -0.15) is 0 Å². The first-order chi connectivity index (χ1) is 20.6. The minimum Gasteiger partial charge on any atom is -0.494 e. The van der Waals surface area contributed by atoms with Crippen LogP contribution in [0.25, 0.3) is 22.3 Å². The summed E-state index contributed by atoms with van der Waals surface area (Å²) in [6.07, 6.45) is 17.7. The number of hydrogen-bond donors (Lipinski definition) is 0. The van der Waals surface area contributed by atoms with Crippen molar-refractivity contribution in [3.8, 4) is 28.0 Å². The highest BCUT2D eigenvalue weighted by Gasteiger charge is 2.13. The quantitative estimate of drug-likeness (QED) is 0.0943. The van der Waals surface area contributed by atoms with Gasteiger partial charge in [0, 0.05) is 6.42 Å². The van der Waals surface area contributed by atoms with Crippen molar-refractivity contribution in [1.29, 1.82) is 0 Å². The number of benzene rings is 3. The van der Waals surface area contributed by atoms with Crippen molar-refractivity contribution in [2.24, 2.45) is 0 Å². The molecule has 0 spiro atoms. The summed E-state index contributed by atoms with van der Waals surface area (Å²) >= 11 is 0. The summed E-state index contributed by atoms with van der Waals surface area (Å²) in [5.41, 5.74) is 5.72. The average molecular weight is 571 g/mol. The lowest BCUT2D eigenvalue weighted by Gasteiger charge is -2.15. The third-order valence-corrected chi connectivity index (χ3v) is 8.09. The van der Waals surface area contributed by atoms with Crippen LogP contribution in [0.1, 0.15) is 129 Å². The molecule has 42 heavy (non-hydrogen) atoms. The number of ether oxygens (including phenoxy) is 2. The number of unbranched alkanes of at least 4 members (excludes halogenated alkanes) is 12. The van der Waals surface area contributed by atoms with E-state index in [9.17, 15) is 4.79 Å². The summed E-state index contributed by atoms with van der Waals surface area (Å²) in [6, 6.07) is 25.4. The lowest BCUT2D eigenvalue weighted by Crippen LogP contribution is -2.08. The van der Waals surface area contributed by atoms with E-state index in [2.05, 4.69) is 86.6 Å². The number of hydrogen-bond acceptors (Lipinski definition) is 3. The van der Waals surface area contributed by atoms with Crippen LogP contribution in [0.5, 0.6) is 5.75 Å². The summed E-state index contributed by atoms with van der Waals surface area (Å²) in [5.74, 6) is 0.836. The van der Waals surface area contributed by atoms with Crippen molar-refractivity contribution in [2.45, 2.75) is 123 Å². The second-order valence-corrected chi connectivity index (χ2v) is 11.7. The Kier molecular flexibility index (Phi) is 15.9. The first-order valence-corrected chi connectivity index (χ1v) is 16.7. The first-order valence-electron chi connectivity index (χ1n) is 16.7. The molecule has 0 saturated heterocycles. The number of esters is 1. The van der Waals surface area contributed by atoms with E-state index in [0.717, 1.165) is 42.7 Å². The molecule has 3 aromatic carbocycles. The number of carbonyl (C=O) groups excluding carboxylic acids is 1. The molecular weight excluding hydrogens is 516 g/mol. The van der Waals surface area contributed by atoms with E-state index in [4.69, 9.17) is 9.47 Å². The molecule has 1 unspecified atom stereocenters. The largest absolute Gasteiger partial charge is 0.494 e. The predicted octanol–water partition coefficient (Wildman–Crippen LogP) is 11.9. The minimum atomic E-state index is -0.250. The normalized spacial score (nSPS) is 11.8. The standard InChI is InChI=1S/C39H54O3/c1-4-6-8-10-12-13-14-16-22-39(40)42-32(3)33-23-25-34(26-24-33)37-20-17-18-21-38(37)35-27-29-36(30-28-35)41-31-19-15-11-9-7-5-2/h17-18,20-21,23-30,32H,4-16,19,22,31H2,1-3H3. The molecule has 228 valence electrons. The van der Waals surface area contributed by atoms with E-state index >= 15 is 0 Å². The van der Waals surface area contributed by atoms with Gasteiger partial charge in [-0.05, 0) is 59.7 Å². The van der Waals surface area contributed by atoms with Gasteiger partial charge in [-0.25, -0.2) is 0 Å². The molecule has 0 aromatic heterocycles. The van der Waals surface area contributed by atoms with Crippen LogP contribution in [-0.4, -0.2) is 12.6 Å². The van der Waals surface area contributed by atoms with Crippen molar-refractivity contribution >= 4 is 5.97 Å². The van der Waals surface area contributed by atoms with Gasteiger partial charge in [0.25, 0.3) is 0 Å². The Morgan fingerprint density at radius 2 is 1.07 bits per heavy atom. The van der Waals surface area contributed by atoms with E-state index in [-0.39, 0.29) is 12.1 Å². The first kappa shape index (κ1) is 33.4. The molecule has 0 bridgehead atoms. The summed E-state index contributed by atoms with van der Waals surface area (Å²) < 4.78 is 11.7. The van der Waals surface area contributed by atoms with Gasteiger partial charge in [0.1, 0.15) is 11.9 Å². The Bertz CT molecular complexity index is 1130. The minimum absolute atomic E-state index is 0.0951. The average Bonchev–Trinajstić information content (AvgIpc) is 3.02. The third-order valence-electron chi connectivity index (χ3n) is 8.09. The van der Waals surface area contributed by atoms with Gasteiger partial charge < -0.3 is 9.47 Å². The second kappa shape index (κ2) is 19.9. The lowest BCUT2D eigenvalue weighted by molar-refractivity contribution is -0.148. The Morgan fingerprint density at radius 1 is 0.595 bits per heavy atom. The van der Waals surface area contributed by atoms with Crippen molar-refractivity contribution in [3.63, 3.8) is 0 Å². The maximum absolute atomic E-state index is 12.4. The van der Waals surface area contributed by atoms with Gasteiger partial charge in [-0.15, -0.1) is 0 Å². The molecule has 3 rings (SSSR count). The molecule has 1 atom stereocenters. The van der Waals surface area contributed by atoms with E-state index < -0.39 is 0 Å². The fraction of sp³-hybridized carbons (Fsp3) is 0.513. The van der Waals surface area contributed by atoms with E-state index in [1.165, 1.54) is 87.3 Å². The molecule has 0 N–H and O–H groups in total. The molecule has 0 aliphatic carbocycles. The second-order valence-electron chi connectivity index (χ2n) is 11.7. The SMILES string of the molecule is CCCCCCCCCCC(=O)OC(C)c1ccc(-c2ccccc2-c2ccc(OCCCCCCCC)cc2)cc1. The van der Waals surface area contributed by atoms with Crippen LogP contribution >= 0.6 is 0 Å². The lowest BCUT2D eigenvalue weighted by atomic mass is 9.93. The molecule has 0 saturated carbocycles. The highest BCUT2D eigenvalue weighted by atomic mass is 16.5. The van der Waals surface area contributed by atoms with Gasteiger partial charge in [-0.3, -0.25) is 4.79 Å². The van der Waals surface area contributed by atoms with Crippen LogP contribution in [0.4, 0.5) is 0 Å². The van der Waals surface area contributed by atoms with Crippen LogP contribution in [0, 0.1) is 0 Å². The topological polar surface area (TPSA) is 35.5 Å². The zero-order valence-corrected chi connectivity index (χ0v) is 26.5. The number of carbonyl (C=O) groups is 1. The maximum atomic E-state index is 12.4. The van der Waals surface area contributed by atoms with Gasteiger partial charge >= 0.3 is 5.97 Å². The van der Waals surface area contributed by atoms with Crippen molar-refractivity contribution in [3.05, 3.63) is 78.4 Å². The zero-order valence-electron chi connectivity index (χ0n) is 26.5. The molecule has 3 nitrogen and oxygen atoms in total. The molecule has 0 radical (unpaired) electrons. The van der Waals surface area contributed by atoms with Crippen molar-refractivity contribution < 1.29 is 14.3 Å². The Balaban J connectivity index is 1.48. The molecule has 3 heteroatoms. The number of rotatable bonds is 21. The zero-order chi connectivity index (χ0) is 29.8. The van der Waals surface area contributed by atoms with Crippen LogP contribution < -0.4 is 4.74 Å². The van der Waals surface area contributed by atoms with Gasteiger partial charge in [0.15, 0.2) is 0 Å². The molecule has 0 amide bonds. The molecule has 0 aliphatic rings. The van der Waals surface area contributed by atoms with E-state index in [1.54, 1.807) is 0 Å². The Labute approximate surface area is 256 Å². The maximum Gasteiger partial charge on any atom is 0.306 e. The van der Waals surface area contributed by atoms with Crippen LogP contribution in [0.3, 0.4) is 0 Å². The van der Waals surface area contributed by atoms with Gasteiger partial charge in [0.05, 0.1) is 6.61 Å². The summed E-state index contributed by atoms with van der Waals surface area (Å²) in [7, 11) is 0. The van der Waals surface area contributed by atoms with Gasteiger partial charge in [0.2, 0.25) is 0 Å². The Morgan fingerprint density at radius 3 is 1.62 bits per heavy atom. The molecule has 3 aromatic rings. The summed E-state index contributed by atoms with van der Waals surface area (Å²) in [5, 5.41) is 0. The third kappa shape index (κ3) is 12.0. The van der Waals surface area contributed by atoms with Crippen LogP contribution in [0.15, 0.2) is 72.8 Å². The van der Waals surface area contributed by atoms with Crippen molar-refractivity contribution in [1.82, 2.24) is 0 Å². The Hall–Kier alpha value is -3.07.